The first kappa shape index (κ1) is 14.4. The maximum atomic E-state index is 5.67. The standard InChI is InChI=1S/C14H18Br2O2/c1-17-13-5-4-10(8-11(13)15)12(16)9-14(18-2)6-3-7-14/h4-5,8,12H,3,6-7,9H2,1-2H3. The molecule has 0 amide bonds. The third-order valence-corrected chi connectivity index (χ3v) is 5.26. The van der Waals surface area contributed by atoms with E-state index >= 15 is 0 Å². The minimum absolute atomic E-state index is 0.0839. The van der Waals surface area contributed by atoms with Crippen molar-refractivity contribution < 1.29 is 9.47 Å². The zero-order valence-electron chi connectivity index (χ0n) is 10.7. The van der Waals surface area contributed by atoms with Crippen LogP contribution in [-0.4, -0.2) is 19.8 Å². The van der Waals surface area contributed by atoms with E-state index in [2.05, 4.69) is 44.0 Å². The fraction of sp³-hybridized carbons (Fsp3) is 0.571. The molecule has 2 rings (SSSR count). The van der Waals surface area contributed by atoms with Gasteiger partial charge in [0, 0.05) is 11.9 Å². The fourth-order valence-corrected chi connectivity index (χ4v) is 3.82. The zero-order valence-corrected chi connectivity index (χ0v) is 13.9. The predicted molar refractivity (Wildman–Crippen MR) is 80.6 cm³/mol. The molecule has 0 N–H and O–H groups in total. The predicted octanol–water partition coefficient (Wildman–Crippen LogP) is 4.85. The molecule has 1 aliphatic rings. The number of halogens is 2. The van der Waals surface area contributed by atoms with E-state index in [-0.39, 0.29) is 5.60 Å². The van der Waals surface area contributed by atoms with E-state index in [1.807, 2.05) is 13.2 Å². The summed E-state index contributed by atoms with van der Waals surface area (Å²) in [6.45, 7) is 0. The van der Waals surface area contributed by atoms with Gasteiger partial charge in [0.1, 0.15) is 5.75 Å². The number of hydrogen-bond acceptors (Lipinski definition) is 2. The van der Waals surface area contributed by atoms with Crippen molar-refractivity contribution in [3.63, 3.8) is 0 Å². The minimum atomic E-state index is 0.0839. The Bertz CT molecular complexity index is 411. The maximum Gasteiger partial charge on any atom is 0.133 e. The molecule has 0 aromatic heterocycles. The molecule has 0 aliphatic heterocycles. The largest absolute Gasteiger partial charge is 0.496 e. The lowest BCUT2D eigenvalue weighted by Gasteiger charge is -2.42. The first-order valence-corrected chi connectivity index (χ1v) is 7.84. The van der Waals surface area contributed by atoms with Gasteiger partial charge in [-0.15, -0.1) is 0 Å². The summed E-state index contributed by atoms with van der Waals surface area (Å²) in [5.74, 6) is 0.864. The molecule has 1 saturated carbocycles. The maximum absolute atomic E-state index is 5.67. The Morgan fingerprint density at radius 2 is 2.06 bits per heavy atom. The van der Waals surface area contributed by atoms with Gasteiger partial charge in [-0.25, -0.2) is 0 Å². The molecule has 18 heavy (non-hydrogen) atoms. The molecular formula is C14H18Br2O2. The molecule has 1 aliphatic carbocycles. The lowest BCUT2D eigenvalue weighted by molar-refractivity contribution is -0.0773. The zero-order chi connectivity index (χ0) is 13.2. The van der Waals surface area contributed by atoms with Crippen molar-refractivity contribution in [3.05, 3.63) is 28.2 Å². The molecule has 1 unspecified atom stereocenters. The first-order chi connectivity index (χ1) is 8.60. The van der Waals surface area contributed by atoms with Gasteiger partial charge < -0.3 is 9.47 Å². The summed E-state index contributed by atoms with van der Waals surface area (Å²) >= 11 is 7.30. The van der Waals surface area contributed by atoms with Crippen molar-refractivity contribution in [2.45, 2.75) is 36.1 Å². The molecule has 1 aromatic carbocycles. The number of methoxy groups -OCH3 is 2. The Morgan fingerprint density at radius 1 is 1.33 bits per heavy atom. The van der Waals surface area contributed by atoms with Gasteiger partial charge in [-0.3, -0.25) is 0 Å². The van der Waals surface area contributed by atoms with E-state index in [9.17, 15) is 0 Å². The molecule has 0 spiro atoms. The van der Waals surface area contributed by atoms with Crippen LogP contribution in [0.15, 0.2) is 22.7 Å². The lowest BCUT2D eigenvalue weighted by Crippen LogP contribution is -2.39. The molecule has 100 valence electrons. The van der Waals surface area contributed by atoms with Gasteiger partial charge in [0.2, 0.25) is 0 Å². The van der Waals surface area contributed by atoms with Gasteiger partial charge in [0.05, 0.1) is 17.2 Å². The molecule has 1 fully saturated rings. The van der Waals surface area contributed by atoms with Crippen LogP contribution in [0.4, 0.5) is 0 Å². The molecule has 1 atom stereocenters. The number of benzene rings is 1. The van der Waals surface area contributed by atoms with Gasteiger partial charge in [0.15, 0.2) is 0 Å². The smallest absolute Gasteiger partial charge is 0.133 e. The van der Waals surface area contributed by atoms with Gasteiger partial charge in [-0.1, -0.05) is 22.0 Å². The number of ether oxygens (including phenoxy) is 2. The van der Waals surface area contributed by atoms with E-state index in [1.54, 1.807) is 7.11 Å². The van der Waals surface area contributed by atoms with Crippen LogP contribution >= 0.6 is 31.9 Å². The monoisotopic (exact) mass is 376 g/mol. The Labute approximate surface area is 125 Å². The molecule has 4 heteroatoms. The summed E-state index contributed by atoms with van der Waals surface area (Å²) in [4.78, 5) is 0.319. The van der Waals surface area contributed by atoms with E-state index in [4.69, 9.17) is 9.47 Å². The molecule has 0 radical (unpaired) electrons. The van der Waals surface area contributed by atoms with Crippen molar-refractivity contribution in [1.29, 1.82) is 0 Å². The van der Waals surface area contributed by atoms with Crippen LogP contribution in [0, 0.1) is 0 Å². The normalized spacial score (nSPS) is 19.1. The number of hydrogen-bond donors (Lipinski definition) is 0. The van der Waals surface area contributed by atoms with Gasteiger partial charge in [-0.05, 0) is 59.3 Å². The number of rotatable bonds is 5. The molecule has 0 saturated heterocycles. The molecule has 0 bridgehead atoms. The quantitative estimate of drug-likeness (QED) is 0.682. The summed E-state index contributed by atoms with van der Waals surface area (Å²) in [5, 5.41) is 0. The second-order valence-electron chi connectivity index (χ2n) is 4.81. The Kier molecular flexibility index (Phi) is 4.73. The second kappa shape index (κ2) is 5.93. The Balaban J connectivity index is 2.09. The van der Waals surface area contributed by atoms with Crippen molar-refractivity contribution in [3.8, 4) is 5.75 Å². The van der Waals surface area contributed by atoms with Crippen molar-refractivity contribution in [2.75, 3.05) is 14.2 Å². The summed E-state index contributed by atoms with van der Waals surface area (Å²) in [5.41, 5.74) is 1.34. The second-order valence-corrected chi connectivity index (χ2v) is 6.77. The van der Waals surface area contributed by atoms with Crippen LogP contribution in [0.25, 0.3) is 0 Å². The van der Waals surface area contributed by atoms with E-state index in [0.29, 0.717) is 4.83 Å². The lowest BCUT2D eigenvalue weighted by atomic mass is 9.76. The average molecular weight is 378 g/mol. The van der Waals surface area contributed by atoms with Crippen molar-refractivity contribution >= 4 is 31.9 Å². The molecule has 1 aromatic rings. The highest BCUT2D eigenvalue weighted by molar-refractivity contribution is 9.10. The highest BCUT2D eigenvalue weighted by Gasteiger charge is 2.38. The molecule has 0 heterocycles. The van der Waals surface area contributed by atoms with E-state index < -0.39 is 0 Å². The van der Waals surface area contributed by atoms with Crippen molar-refractivity contribution in [2.24, 2.45) is 0 Å². The summed E-state index contributed by atoms with van der Waals surface area (Å²) < 4.78 is 11.9. The third-order valence-electron chi connectivity index (χ3n) is 3.79. The van der Waals surface area contributed by atoms with Crippen LogP contribution in [-0.2, 0) is 4.74 Å². The topological polar surface area (TPSA) is 18.5 Å². The highest BCUT2D eigenvalue weighted by atomic mass is 79.9. The van der Waals surface area contributed by atoms with Gasteiger partial charge in [-0.2, -0.15) is 0 Å². The van der Waals surface area contributed by atoms with Crippen LogP contribution in [0.3, 0.4) is 0 Å². The SMILES string of the molecule is COc1ccc(C(Br)CC2(OC)CCC2)cc1Br. The van der Waals surface area contributed by atoms with E-state index in [1.165, 1.54) is 24.8 Å². The average Bonchev–Trinajstić information content (AvgIpc) is 2.33. The summed E-state index contributed by atoms with van der Waals surface area (Å²) in [6.07, 6.45) is 4.63. The third kappa shape index (κ3) is 2.91. The van der Waals surface area contributed by atoms with Crippen molar-refractivity contribution in [1.82, 2.24) is 0 Å². The Morgan fingerprint density at radius 3 is 2.50 bits per heavy atom. The van der Waals surface area contributed by atoms with Crippen LogP contribution in [0.1, 0.15) is 36.1 Å². The minimum Gasteiger partial charge on any atom is -0.496 e. The van der Waals surface area contributed by atoms with Crippen LogP contribution in [0.2, 0.25) is 0 Å². The number of alkyl halides is 1. The Hall–Kier alpha value is -0.0600. The van der Waals surface area contributed by atoms with Gasteiger partial charge >= 0.3 is 0 Å². The summed E-state index contributed by atoms with van der Waals surface area (Å²) in [7, 11) is 3.50. The van der Waals surface area contributed by atoms with E-state index in [0.717, 1.165) is 16.6 Å². The van der Waals surface area contributed by atoms with Gasteiger partial charge in [0.25, 0.3) is 0 Å². The summed E-state index contributed by atoms with van der Waals surface area (Å²) in [6, 6.07) is 6.21. The molecular weight excluding hydrogens is 360 g/mol. The van der Waals surface area contributed by atoms with Crippen LogP contribution < -0.4 is 4.74 Å². The van der Waals surface area contributed by atoms with Crippen LogP contribution in [0.5, 0.6) is 5.75 Å². The fourth-order valence-electron chi connectivity index (χ4n) is 2.38. The highest BCUT2D eigenvalue weighted by Crippen LogP contribution is 2.45. The first-order valence-electron chi connectivity index (χ1n) is 6.13. The molecule has 2 nitrogen and oxygen atoms in total.